The van der Waals surface area contributed by atoms with Crippen molar-refractivity contribution in [3.63, 3.8) is 0 Å². The summed E-state index contributed by atoms with van der Waals surface area (Å²) in [7, 11) is -3.57. The molecule has 1 fully saturated rings. The van der Waals surface area contributed by atoms with Gasteiger partial charge in [0.1, 0.15) is 6.04 Å². The van der Waals surface area contributed by atoms with Crippen LogP contribution in [0.2, 0.25) is 0 Å². The van der Waals surface area contributed by atoms with E-state index in [2.05, 4.69) is 4.98 Å². The van der Waals surface area contributed by atoms with Crippen molar-refractivity contribution in [2.75, 3.05) is 11.5 Å². The van der Waals surface area contributed by atoms with Crippen molar-refractivity contribution in [2.45, 2.75) is 68.7 Å². The average molecular weight is 452 g/mol. The molecule has 1 heterocycles. The van der Waals surface area contributed by atoms with E-state index in [9.17, 15) is 27.3 Å². The number of aliphatic hydroxyl groups is 1. The molecule has 30 heavy (non-hydrogen) atoms. The molecule has 5 N–H and O–H groups in total. The lowest BCUT2D eigenvalue weighted by molar-refractivity contribution is -0.268. The number of nitrogens with two attached hydrogens (primary N) is 1. The maximum Gasteiger partial charge on any atom is 0.423 e. The second-order valence-corrected chi connectivity index (χ2v) is 10.3. The molecule has 0 amide bonds. The van der Waals surface area contributed by atoms with Crippen LogP contribution in [-0.2, 0) is 20.1 Å². The van der Waals surface area contributed by atoms with Gasteiger partial charge in [0.15, 0.2) is 0 Å². The van der Waals surface area contributed by atoms with E-state index in [0.29, 0.717) is 0 Å². The van der Waals surface area contributed by atoms with Crippen LogP contribution >= 0.6 is 0 Å². The van der Waals surface area contributed by atoms with Gasteiger partial charge in [-0.2, -0.15) is 13.2 Å². The molecule has 2 unspecified atom stereocenters. The number of carbonyl (C=O) groups is 1. The predicted molar refractivity (Wildman–Crippen MR) is 105 cm³/mol. The van der Waals surface area contributed by atoms with E-state index in [4.69, 9.17) is 15.6 Å². The molecule has 1 aliphatic rings. The molecule has 0 bridgehead atoms. The zero-order chi connectivity index (χ0) is 22.6. The first-order valence-corrected chi connectivity index (χ1v) is 11.7. The van der Waals surface area contributed by atoms with Crippen molar-refractivity contribution in [1.82, 2.24) is 4.98 Å². The Morgan fingerprint density at radius 2 is 1.90 bits per heavy atom. The zero-order valence-electron chi connectivity index (χ0n) is 16.5. The summed E-state index contributed by atoms with van der Waals surface area (Å²) >= 11 is 0. The van der Waals surface area contributed by atoms with Gasteiger partial charge in [-0.25, -0.2) is 4.21 Å². The zero-order valence-corrected chi connectivity index (χ0v) is 17.3. The Labute approximate surface area is 173 Å². The number of hydrogen-bond donors (Lipinski definition) is 4. The van der Waals surface area contributed by atoms with E-state index in [-0.39, 0.29) is 12.3 Å². The number of rotatable bonds is 9. The number of alkyl halides is 3. The van der Waals surface area contributed by atoms with Gasteiger partial charge in [0.25, 0.3) is 0 Å². The van der Waals surface area contributed by atoms with Crippen molar-refractivity contribution >= 4 is 15.7 Å². The van der Waals surface area contributed by atoms with Gasteiger partial charge in [-0.1, -0.05) is 25.3 Å². The fourth-order valence-electron chi connectivity index (χ4n) is 3.60. The molecule has 11 heteroatoms. The van der Waals surface area contributed by atoms with Crippen LogP contribution in [0.15, 0.2) is 18.3 Å². The lowest BCUT2D eigenvalue weighted by Gasteiger charge is -2.31. The highest BCUT2D eigenvalue weighted by Gasteiger charge is 2.56. The molecule has 170 valence electrons. The van der Waals surface area contributed by atoms with Gasteiger partial charge < -0.3 is 15.9 Å². The summed E-state index contributed by atoms with van der Waals surface area (Å²) in [5.74, 6) is -2.34. The van der Waals surface area contributed by atoms with Crippen LogP contribution in [0.5, 0.6) is 0 Å². The second kappa shape index (κ2) is 9.61. The Morgan fingerprint density at radius 3 is 2.40 bits per heavy atom. The van der Waals surface area contributed by atoms with Crippen LogP contribution in [0.1, 0.15) is 62.1 Å². The van der Waals surface area contributed by atoms with Crippen molar-refractivity contribution in [1.29, 1.82) is 4.78 Å². The minimum Gasteiger partial charge on any atom is -0.480 e. The van der Waals surface area contributed by atoms with Gasteiger partial charge in [-0.05, 0) is 36.8 Å². The van der Waals surface area contributed by atoms with Gasteiger partial charge in [-0.15, -0.1) is 0 Å². The van der Waals surface area contributed by atoms with Crippen LogP contribution in [0.4, 0.5) is 13.2 Å². The molecule has 7 nitrogen and oxygen atoms in total. The van der Waals surface area contributed by atoms with Crippen LogP contribution in [0.3, 0.4) is 0 Å². The summed E-state index contributed by atoms with van der Waals surface area (Å²) in [5, 5.41) is 19.2. The minimum absolute atomic E-state index is 0.240. The third-order valence-corrected chi connectivity index (χ3v) is 7.38. The number of nitrogens with one attached hydrogen (secondary N) is 1. The highest BCUT2D eigenvalue weighted by atomic mass is 32.2. The van der Waals surface area contributed by atoms with Gasteiger partial charge in [0, 0.05) is 33.9 Å². The molecule has 0 radical (unpaired) electrons. The molecule has 2 rings (SSSR count). The molecule has 1 aromatic rings. The van der Waals surface area contributed by atoms with E-state index in [0.717, 1.165) is 43.7 Å². The largest absolute Gasteiger partial charge is 0.480 e. The fraction of sp³-hybridized carbons (Fsp3) is 0.684. The van der Waals surface area contributed by atoms with Crippen molar-refractivity contribution in [3.05, 3.63) is 29.6 Å². The summed E-state index contributed by atoms with van der Waals surface area (Å²) in [6.45, 7) is 0. The number of aromatic nitrogens is 1. The molecule has 1 saturated carbocycles. The highest BCUT2D eigenvalue weighted by Crippen LogP contribution is 2.42. The summed E-state index contributed by atoms with van der Waals surface area (Å²) in [6, 6.07) is 1.33. The third kappa shape index (κ3) is 6.14. The van der Waals surface area contributed by atoms with Gasteiger partial charge in [0.2, 0.25) is 5.60 Å². The Balaban J connectivity index is 2.14. The maximum atomic E-state index is 13.7. The van der Waals surface area contributed by atoms with E-state index >= 15 is 0 Å². The molecule has 1 aromatic heterocycles. The lowest BCUT2D eigenvalue weighted by Crippen LogP contribution is -2.44. The number of aliphatic carboxylic acids is 1. The van der Waals surface area contributed by atoms with Crippen LogP contribution in [0.25, 0.3) is 0 Å². The molecule has 1 aliphatic carbocycles. The summed E-state index contributed by atoms with van der Waals surface area (Å²) in [5.41, 5.74) is 2.17. The first kappa shape index (κ1) is 24.5. The van der Waals surface area contributed by atoms with Crippen molar-refractivity contribution < 1.29 is 32.4 Å². The number of hydrogen-bond acceptors (Lipinski definition) is 6. The predicted octanol–water partition coefficient (Wildman–Crippen LogP) is 3.12. The molecule has 0 spiro atoms. The van der Waals surface area contributed by atoms with Crippen LogP contribution < -0.4 is 5.73 Å². The van der Waals surface area contributed by atoms with Gasteiger partial charge >= 0.3 is 12.1 Å². The SMILES string of the molecule is N=S(=O)(CC[C@H](N)C(=O)O)CCC(O)(c1ccc(C2CCCCC2)cn1)C(F)(F)F. The fourth-order valence-corrected chi connectivity index (χ4v) is 5.06. The number of halogens is 3. The topological polar surface area (TPSA) is 137 Å². The standard InChI is InChI=1S/C19H28F3N3O4S/c20-19(21,22)18(28,9-11-30(24,29)10-8-15(23)17(26)27)16-7-6-14(12-25-16)13-4-2-1-3-5-13/h6-7,12-13,15,24,28H,1-5,8-11,23H2,(H,26,27)/t15-,18?,30?/m0/s1. The molecular weight excluding hydrogens is 423 g/mol. The Kier molecular flexibility index (Phi) is 7.86. The molecular formula is C19H28F3N3O4S. The Hall–Kier alpha value is -1.72. The van der Waals surface area contributed by atoms with Crippen molar-refractivity contribution in [2.24, 2.45) is 5.73 Å². The third-order valence-electron chi connectivity index (χ3n) is 5.63. The van der Waals surface area contributed by atoms with E-state index in [1.807, 2.05) is 0 Å². The number of nitrogens with zero attached hydrogens (tertiary/aromatic N) is 1. The van der Waals surface area contributed by atoms with Gasteiger partial charge in [-0.3, -0.25) is 14.6 Å². The molecule has 3 atom stereocenters. The maximum absolute atomic E-state index is 13.7. The average Bonchev–Trinajstić information content (AvgIpc) is 2.70. The monoisotopic (exact) mass is 451 g/mol. The van der Waals surface area contributed by atoms with Gasteiger partial charge in [0.05, 0.1) is 5.69 Å². The molecule has 0 aromatic carbocycles. The Morgan fingerprint density at radius 1 is 1.27 bits per heavy atom. The normalized spacial score (nSPS) is 20.8. The van der Waals surface area contributed by atoms with Crippen LogP contribution in [-0.4, -0.2) is 49.1 Å². The van der Waals surface area contributed by atoms with E-state index in [1.165, 1.54) is 6.20 Å². The summed E-state index contributed by atoms with van der Waals surface area (Å²) in [6.07, 6.45) is 0.0940. The number of carboxylic acids is 1. The lowest BCUT2D eigenvalue weighted by atomic mass is 9.84. The van der Waals surface area contributed by atoms with E-state index in [1.54, 1.807) is 6.07 Å². The molecule has 0 saturated heterocycles. The number of carboxylic acid groups (broad SMARTS) is 1. The quantitative estimate of drug-likeness (QED) is 0.455. The summed E-state index contributed by atoms with van der Waals surface area (Å²) < 4.78 is 61.1. The van der Waals surface area contributed by atoms with Crippen LogP contribution in [0, 0.1) is 4.78 Å². The van der Waals surface area contributed by atoms with E-state index < -0.39 is 57.1 Å². The highest BCUT2D eigenvalue weighted by molar-refractivity contribution is 7.92. The summed E-state index contributed by atoms with van der Waals surface area (Å²) in [4.78, 5) is 14.6. The number of pyridine rings is 1. The minimum atomic E-state index is -5.08. The first-order valence-electron chi connectivity index (χ1n) is 9.84. The Bertz CT molecular complexity index is 824. The second-order valence-electron chi connectivity index (χ2n) is 7.87. The van der Waals surface area contributed by atoms with Crippen molar-refractivity contribution in [3.8, 4) is 0 Å². The first-order chi connectivity index (χ1) is 13.9. The molecule has 0 aliphatic heterocycles. The smallest absolute Gasteiger partial charge is 0.423 e.